The first-order chi connectivity index (χ1) is 11.6. The van der Waals surface area contributed by atoms with E-state index in [0.717, 1.165) is 39.3 Å². The highest BCUT2D eigenvalue weighted by molar-refractivity contribution is 8.03. The second-order valence-electron chi connectivity index (χ2n) is 6.18. The first-order valence-electron chi connectivity index (χ1n) is 8.06. The lowest BCUT2D eigenvalue weighted by atomic mass is 9.96. The van der Waals surface area contributed by atoms with Gasteiger partial charge in [0.25, 0.3) is 0 Å². The van der Waals surface area contributed by atoms with Gasteiger partial charge in [-0.3, -0.25) is 0 Å². The number of thioether (sulfide) groups is 1. The number of aromatic hydroxyl groups is 1. The minimum Gasteiger partial charge on any atom is -0.508 e. The number of methoxy groups -OCH3 is 1. The predicted molar refractivity (Wildman–Crippen MR) is 92.6 cm³/mol. The van der Waals surface area contributed by atoms with Gasteiger partial charge in [-0.05, 0) is 43.4 Å². The Kier molecular flexibility index (Phi) is 3.77. The van der Waals surface area contributed by atoms with Crippen LogP contribution in [0.1, 0.15) is 42.1 Å². The standard InChI is InChI=1S/C19H18O4S/c1-23-19(22)13-8-10-4-2-3-5-16(10)24-18-12(13)9-15(21)11-6-7-14(20)17(11)18/h4-5,8-9,14,20-21H,2-3,6-7H2,1H3/t14-/m0/s1. The molecule has 3 aliphatic rings. The molecule has 4 rings (SSSR count). The van der Waals surface area contributed by atoms with Gasteiger partial charge in [0.05, 0.1) is 18.8 Å². The molecule has 0 bridgehead atoms. The van der Waals surface area contributed by atoms with Crippen molar-refractivity contribution in [3.8, 4) is 5.75 Å². The van der Waals surface area contributed by atoms with E-state index in [9.17, 15) is 15.0 Å². The number of hydrogen-bond donors (Lipinski definition) is 2. The minimum absolute atomic E-state index is 0.142. The third kappa shape index (κ3) is 2.31. The normalized spacial score (nSPS) is 21.6. The zero-order chi connectivity index (χ0) is 16.8. The van der Waals surface area contributed by atoms with Crippen LogP contribution in [-0.2, 0) is 16.0 Å². The van der Waals surface area contributed by atoms with Gasteiger partial charge in [-0.2, -0.15) is 0 Å². The van der Waals surface area contributed by atoms with Crippen molar-refractivity contribution in [2.24, 2.45) is 0 Å². The summed E-state index contributed by atoms with van der Waals surface area (Å²) >= 11 is 1.57. The molecule has 124 valence electrons. The van der Waals surface area contributed by atoms with Crippen molar-refractivity contribution in [1.29, 1.82) is 0 Å². The Bertz CT molecular complexity index is 832. The topological polar surface area (TPSA) is 66.8 Å². The second kappa shape index (κ2) is 5.83. The maximum absolute atomic E-state index is 12.4. The lowest BCUT2D eigenvalue weighted by Gasteiger charge is -2.17. The van der Waals surface area contributed by atoms with E-state index in [0.29, 0.717) is 24.0 Å². The fourth-order valence-electron chi connectivity index (χ4n) is 3.58. The molecular weight excluding hydrogens is 324 g/mol. The van der Waals surface area contributed by atoms with Crippen molar-refractivity contribution < 1.29 is 19.7 Å². The van der Waals surface area contributed by atoms with E-state index >= 15 is 0 Å². The van der Waals surface area contributed by atoms with Crippen molar-refractivity contribution >= 4 is 23.3 Å². The van der Waals surface area contributed by atoms with Crippen LogP contribution in [0.25, 0.3) is 5.57 Å². The summed E-state index contributed by atoms with van der Waals surface area (Å²) in [6.07, 6.45) is 8.66. The molecule has 0 amide bonds. The van der Waals surface area contributed by atoms with Crippen LogP contribution in [0.3, 0.4) is 0 Å². The van der Waals surface area contributed by atoms with Gasteiger partial charge in [0.2, 0.25) is 0 Å². The number of carbonyl (C=O) groups is 1. The summed E-state index contributed by atoms with van der Waals surface area (Å²) in [7, 11) is 1.36. The molecule has 0 radical (unpaired) electrons. The van der Waals surface area contributed by atoms with E-state index in [-0.39, 0.29) is 5.75 Å². The van der Waals surface area contributed by atoms with E-state index in [2.05, 4.69) is 12.2 Å². The number of phenolic OH excluding ortho intramolecular Hbond substituents is 1. The van der Waals surface area contributed by atoms with Gasteiger partial charge in [-0.1, -0.05) is 23.9 Å². The fraction of sp³-hybridized carbons (Fsp3) is 0.316. The number of hydrogen-bond acceptors (Lipinski definition) is 5. The Labute approximate surface area is 144 Å². The average Bonchev–Trinajstić information content (AvgIpc) is 2.90. The zero-order valence-corrected chi connectivity index (χ0v) is 14.2. The van der Waals surface area contributed by atoms with Gasteiger partial charge in [-0.15, -0.1) is 0 Å². The molecular formula is C19H18O4S. The average molecular weight is 342 g/mol. The van der Waals surface area contributed by atoms with Crippen molar-refractivity contribution in [2.45, 2.75) is 36.7 Å². The van der Waals surface area contributed by atoms with Gasteiger partial charge in [-0.25, -0.2) is 4.79 Å². The minimum atomic E-state index is -0.609. The number of rotatable bonds is 1. The molecule has 5 heteroatoms. The molecule has 2 N–H and O–H groups in total. The van der Waals surface area contributed by atoms with E-state index in [1.54, 1.807) is 17.8 Å². The zero-order valence-electron chi connectivity index (χ0n) is 13.3. The van der Waals surface area contributed by atoms with Crippen LogP contribution in [-0.4, -0.2) is 23.3 Å². The second-order valence-corrected chi connectivity index (χ2v) is 7.23. The Morgan fingerprint density at radius 2 is 2.12 bits per heavy atom. The summed E-state index contributed by atoms with van der Waals surface area (Å²) in [5.41, 5.74) is 3.62. The molecule has 4 nitrogen and oxygen atoms in total. The Balaban J connectivity index is 2.01. The summed E-state index contributed by atoms with van der Waals surface area (Å²) in [5.74, 6) is -0.292. The Hall–Kier alpha value is -1.98. The molecule has 0 saturated carbocycles. The number of aliphatic hydroxyl groups is 1. The van der Waals surface area contributed by atoms with Gasteiger partial charge in [0.1, 0.15) is 5.75 Å². The number of benzene rings is 1. The van der Waals surface area contributed by atoms with Crippen LogP contribution in [0.5, 0.6) is 5.75 Å². The predicted octanol–water partition coefficient (Wildman–Crippen LogP) is 3.64. The highest BCUT2D eigenvalue weighted by Gasteiger charge is 2.33. The number of phenols is 1. The third-order valence-electron chi connectivity index (χ3n) is 4.76. The van der Waals surface area contributed by atoms with E-state index < -0.39 is 12.1 Å². The Morgan fingerprint density at radius 3 is 2.92 bits per heavy atom. The van der Waals surface area contributed by atoms with E-state index in [1.807, 2.05) is 6.08 Å². The van der Waals surface area contributed by atoms with Crippen LogP contribution < -0.4 is 0 Å². The SMILES string of the molecule is COC(=O)C1=CC2=CCCC=C2Sc2c1cc(O)c1c2[C@@H](O)CC1. The molecule has 0 fully saturated rings. The summed E-state index contributed by atoms with van der Waals surface area (Å²) in [5, 5.41) is 20.8. The van der Waals surface area contributed by atoms with Crippen molar-refractivity contribution in [3.63, 3.8) is 0 Å². The first kappa shape index (κ1) is 15.5. The van der Waals surface area contributed by atoms with Gasteiger partial charge in [0, 0.05) is 26.5 Å². The van der Waals surface area contributed by atoms with Crippen molar-refractivity contribution in [1.82, 2.24) is 0 Å². The highest BCUT2D eigenvalue weighted by atomic mass is 32.2. The fourth-order valence-corrected chi connectivity index (χ4v) is 4.91. The lowest BCUT2D eigenvalue weighted by Crippen LogP contribution is -2.06. The smallest absolute Gasteiger partial charge is 0.338 e. The number of ether oxygens (including phenoxy) is 1. The molecule has 1 aliphatic heterocycles. The largest absolute Gasteiger partial charge is 0.508 e. The van der Waals surface area contributed by atoms with Crippen LogP contribution in [0.15, 0.2) is 39.7 Å². The molecule has 0 spiro atoms. The Morgan fingerprint density at radius 1 is 1.33 bits per heavy atom. The maximum Gasteiger partial charge on any atom is 0.338 e. The molecule has 0 aromatic heterocycles. The van der Waals surface area contributed by atoms with Crippen LogP contribution in [0.4, 0.5) is 0 Å². The van der Waals surface area contributed by atoms with Crippen molar-refractivity contribution in [3.05, 3.63) is 51.5 Å². The van der Waals surface area contributed by atoms with E-state index in [1.165, 1.54) is 7.11 Å². The molecule has 1 aromatic rings. The number of aliphatic hydroxyl groups excluding tert-OH is 1. The molecule has 0 unspecified atom stereocenters. The van der Waals surface area contributed by atoms with Crippen LogP contribution >= 0.6 is 11.8 Å². The van der Waals surface area contributed by atoms with Crippen LogP contribution in [0.2, 0.25) is 0 Å². The van der Waals surface area contributed by atoms with E-state index in [4.69, 9.17) is 4.74 Å². The highest BCUT2D eigenvalue weighted by Crippen LogP contribution is 2.51. The molecule has 1 aromatic carbocycles. The monoisotopic (exact) mass is 342 g/mol. The van der Waals surface area contributed by atoms with Gasteiger partial charge < -0.3 is 14.9 Å². The molecule has 1 heterocycles. The summed E-state index contributed by atoms with van der Waals surface area (Å²) in [6, 6.07) is 1.64. The molecule has 1 atom stereocenters. The number of carbonyl (C=O) groups excluding carboxylic acids is 1. The third-order valence-corrected chi connectivity index (χ3v) is 6.02. The molecule has 24 heavy (non-hydrogen) atoms. The number of allylic oxidation sites excluding steroid dienone is 4. The quantitative estimate of drug-likeness (QED) is 0.763. The van der Waals surface area contributed by atoms with Crippen molar-refractivity contribution in [2.75, 3.05) is 7.11 Å². The van der Waals surface area contributed by atoms with Gasteiger partial charge >= 0.3 is 5.97 Å². The van der Waals surface area contributed by atoms with Crippen LogP contribution in [0, 0.1) is 0 Å². The summed E-state index contributed by atoms with van der Waals surface area (Å²) < 4.78 is 4.96. The number of esters is 1. The van der Waals surface area contributed by atoms with Gasteiger partial charge in [0.15, 0.2) is 0 Å². The molecule has 2 aliphatic carbocycles. The summed E-state index contributed by atoms with van der Waals surface area (Å²) in [6.45, 7) is 0. The lowest BCUT2D eigenvalue weighted by molar-refractivity contribution is -0.133. The molecule has 0 saturated heterocycles. The first-order valence-corrected chi connectivity index (χ1v) is 8.87. The maximum atomic E-state index is 12.4. The number of fused-ring (bicyclic) bond motifs is 4. The summed E-state index contributed by atoms with van der Waals surface area (Å²) in [4.78, 5) is 14.3.